The maximum absolute atomic E-state index is 13.1. The van der Waals surface area contributed by atoms with Gasteiger partial charge in [0.2, 0.25) is 5.91 Å². The number of benzene rings is 1. The number of imidazole rings is 1. The first kappa shape index (κ1) is 22.9. The van der Waals surface area contributed by atoms with E-state index in [-0.39, 0.29) is 29.9 Å². The van der Waals surface area contributed by atoms with Crippen molar-refractivity contribution in [1.82, 2.24) is 19.8 Å². The first-order chi connectivity index (χ1) is 14.5. The van der Waals surface area contributed by atoms with Gasteiger partial charge in [0.25, 0.3) is 0 Å². The molecule has 0 radical (unpaired) electrons. The van der Waals surface area contributed by atoms with E-state index in [1.54, 1.807) is 12.0 Å². The van der Waals surface area contributed by atoms with Crippen molar-refractivity contribution in [3.63, 3.8) is 0 Å². The van der Waals surface area contributed by atoms with Crippen LogP contribution in [0.2, 0.25) is 0 Å². The molecule has 31 heavy (non-hydrogen) atoms. The van der Waals surface area contributed by atoms with E-state index in [4.69, 9.17) is 9.47 Å². The summed E-state index contributed by atoms with van der Waals surface area (Å²) in [5, 5.41) is 3.03. The number of nitrogens with one attached hydrogen (secondary N) is 1. The first-order valence-corrected chi connectivity index (χ1v) is 10.8. The molecule has 2 heterocycles. The van der Waals surface area contributed by atoms with Crippen LogP contribution < -0.4 is 10.1 Å². The zero-order valence-electron chi connectivity index (χ0n) is 19.6. The molecule has 8 heteroatoms. The molecule has 0 bridgehead atoms. The molecule has 0 unspecified atom stereocenters. The number of likely N-dealkylation sites (tertiary alicyclic amines) is 1. The van der Waals surface area contributed by atoms with Crippen LogP contribution in [0.25, 0.3) is 11.0 Å². The molecule has 1 aromatic heterocycles. The fourth-order valence-corrected chi connectivity index (χ4v) is 4.27. The third kappa shape index (κ3) is 4.94. The van der Waals surface area contributed by atoms with Gasteiger partial charge in [-0.3, -0.25) is 4.79 Å². The number of hydrogen-bond donors (Lipinski definition) is 1. The number of nitrogens with zero attached hydrogens (tertiary/aromatic N) is 3. The van der Waals surface area contributed by atoms with Gasteiger partial charge in [0.1, 0.15) is 17.2 Å². The molecule has 0 saturated carbocycles. The lowest BCUT2D eigenvalue weighted by molar-refractivity contribution is -0.126. The van der Waals surface area contributed by atoms with Crippen LogP contribution in [-0.2, 0) is 23.1 Å². The van der Waals surface area contributed by atoms with Crippen LogP contribution in [0.1, 0.15) is 46.9 Å². The lowest BCUT2D eigenvalue weighted by Gasteiger charge is -2.32. The number of aromatic nitrogens is 2. The highest BCUT2D eigenvalue weighted by Gasteiger charge is 2.44. The number of aryl methyl sites for hydroxylation is 1. The molecule has 170 valence electrons. The van der Waals surface area contributed by atoms with E-state index >= 15 is 0 Å². The van der Waals surface area contributed by atoms with E-state index in [9.17, 15) is 9.59 Å². The van der Waals surface area contributed by atoms with E-state index in [2.05, 4.69) is 10.3 Å². The molecule has 2 amide bonds. The maximum atomic E-state index is 13.1. The molecule has 1 aromatic carbocycles. The van der Waals surface area contributed by atoms with E-state index in [1.807, 2.05) is 64.4 Å². The zero-order chi connectivity index (χ0) is 22.9. The van der Waals surface area contributed by atoms with Crippen molar-refractivity contribution in [3.05, 3.63) is 24.0 Å². The van der Waals surface area contributed by atoms with Gasteiger partial charge in [-0.15, -0.1) is 0 Å². The normalized spacial score (nSPS) is 19.2. The summed E-state index contributed by atoms with van der Waals surface area (Å²) in [5.41, 5.74) is 1.23. The average Bonchev–Trinajstić information content (AvgIpc) is 3.26. The Kier molecular flexibility index (Phi) is 6.48. The summed E-state index contributed by atoms with van der Waals surface area (Å²) in [7, 11) is 3.55. The van der Waals surface area contributed by atoms with Crippen molar-refractivity contribution in [3.8, 4) is 5.75 Å². The van der Waals surface area contributed by atoms with Gasteiger partial charge in [0, 0.05) is 25.7 Å². The van der Waals surface area contributed by atoms with Crippen LogP contribution in [0, 0.1) is 11.8 Å². The van der Waals surface area contributed by atoms with Gasteiger partial charge < -0.3 is 24.3 Å². The van der Waals surface area contributed by atoms with Gasteiger partial charge in [-0.05, 0) is 45.2 Å². The van der Waals surface area contributed by atoms with E-state index < -0.39 is 5.60 Å². The van der Waals surface area contributed by atoms with Crippen LogP contribution >= 0.6 is 0 Å². The van der Waals surface area contributed by atoms with Crippen LogP contribution in [-0.4, -0.2) is 51.7 Å². The largest absolute Gasteiger partial charge is 0.497 e. The summed E-state index contributed by atoms with van der Waals surface area (Å²) in [6.45, 7) is 10.5. The van der Waals surface area contributed by atoms with Gasteiger partial charge in [-0.1, -0.05) is 13.8 Å². The summed E-state index contributed by atoms with van der Waals surface area (Å²) in [4.78, 5) is 32.1. The number of amides is 2. The van der Waals surface area contributed by atoms with Crippen molar-refractivity contribution < 1.29 is 19.1 Å². The van der Waals surface area contributed by atoms with Gasteiger partial charge in [-0.25, -0.2) is 9.78 Å². The molecule has 3 rings (SSSR count). The Morgan fingerprint density at radius 3 is 2.61 bits per heavy atom. The Morgan fingerprint density at radius 1 is 1.29 bits per heavy atom. The fraction of sp³-hybridized carbons (Fsp3) is 0.609. The van der Waals surface area contributed by atoms with Gasteiger partial charge in [0.15, 0.2) is 0 Å². The number of carbonyl (C=O) groups is 2. The highest BCUT2D eigenvalue weighted by molar-refractivity contribution is 5.82. The number of fused-ring (bicyclic) bond motifs is 1. The summed E-state index contributed by atoms with van der Waals surface area (Å²) < 4.78 is 12.8. The minimum atomic E-state index is -0.568. The number of carbonyl (C=O) groups excluding carboxylic acids is 2. The smallest absolute Gasteiger partial charge is 0.410 e. The molecule has 1 N–H and O–H groups in total. The lowest BCUT2D eigenvalue weighted by Crippen LogP contribution is -2.47. The highest BCUT2D eigenvalue weighted by Crippen LogP contribution is 2.31. The Bertz CT molecular complexity index is 960. The monoisotopic (exact) mass is 430 g/mol. The van der Waals surface area contributed by atoms with Crippen molar-refractivity contribution >= 4 is 23.0 Å². The maximum Gasteiger partial charge on any atom is 0.410 e. The predicted molar refractivity (Wildman–Crippen MR) is 119 cm³/mol. The third-order valence-electron chi connectivity index (χ3n) is 5.70. The van der Waals surface area contributed by atoms with Crippen LogP contribution in [0.3, 0.4) is 0 Å². The van der Waals surface area contributed by atoms with Gasteiger partial charge >= 0.3 is 6.09 Å². The van der Waals surface area contributed by atoms with Crippen molar-refractivity contribution in [2.24, 2.45) is 18.9 Å². The summed E-state index contributed by atoms with van der Waals surface area (Å²) in [6, 6.07) is 5.53. The zero-order valence-corrected chi connectivity index (χ0v) is 19.6. The topological polar surface area (TPSA) is 85.7 Å². The molecule has 0 spiro atoms. The second-order valence-corrected chi connectivity index (χ2v) is 9.46. The molecule has 8 nitrogen and oxygen atoms in total. The van der Waals surface area contributed by atoms with E-state index in [1.165, 1.54) is 0 Å². The first-order valence-electron chi connectivity index (χ1n) is 10.8. The SMILES string of the molecule is COc1ccc2c(c1)nc(CNC(=O)[C@H]1CCN(C(=O)OC(C)(C)C)[C@H]1C(C)C)n2C. The van der Waals surface area contributed by atoms with Crippen molar-refractivity contribution in [1.29, 1.82) is 0 Å². The number of hydrogen-bond acceptors (Lipinski definition) is 5. The molecule has 1 aliphatic heterocycles. The minimum absolute atomic E-state index is 0.0607. The van der Waals surface area contributed by atoms with Crippen LogP contribution in [0.5, 0.6) is 5.75 Å². The molecular formula is C23H34N4O4. The molecule has 1 aliphatic rings. The fourth-order valence-electron chi connectivity index (χ4n) is 4.27. The lowest BCUT2D eigenvalue weighted by atomic mass is 9.90. The van der Waals surface area contributed by atoms with E-state index in [0.29, 0.717) is 19.5 Å². The molecule has 2 atom stereocenters. The Labute approximate surface area is 183 Å². The van der Waals surface area contributed by atoms with Gasteiger partial charge in [-0.2, -0.15) is 0 Å². The average molecular weight is 431 g/mol. The predicted octanol–water partition coefficient (Wildman–Crippen LogP) is 3.48. The van der Waals surface area contributed by atoms with Crippen molar-refractivity contribution in [2.45, 2.75) is 59.2 Å². The summed E-state index contributed by atoms with van der Waals surface area (Å²) in [6.07, 6.45) is 0.263. The van der Waals surface area contributed by atoms with Gasteiger partial charge in [0.05, 0.1) is 30.6 Å². The van der Waals surface area contributed by atoms with Crippen LogP contribution in [0.4, 0.5) is 4.79 Å². The second kappa shape index (κ2) is 8.77. The molecule has 2 aromatic rings. The Morgan fingerprint density at radius 2 is 2.00 bits per heavy atom. The summed E-state index contributed by atoms with van der Waals surface area (Å²) >= 11 is 0. The summed E-state index contributed by atoms with van der Waals surface area (Å²) in [5.74, 6) is 1.31. The molecule has 1 fully saturated rings. The molecular weight excluding hydrogens is 396 g/mol. The number of methoxy groups -OCH3 is 1. The minimum Gasteiger partial charge on any atom is -0.497 e. The number of ether oxygens (including phenoxy) is 2. The third-order valence-corrected chi connectivity index (χ3v) is 5.70. The second-order valence-electron chi connectivity index (χ2n) is 9.46. The number of rotatable bonds is 5. The molecule has 1 saturated heterocycles. The van der Waals surface area contributed by atoms with Crippen molar-refractivity contribution in [2.75, 3.05) is 13.7 Å². The quantitative estimate of drug-likeness (QED) is 0.785. The highest BCUT2D eigenvalue weighted by atomic mass is 16.6. The Hall–Kier alpha value is -2.77. The van der Waals surface area contributed by atoms with E-state index in [0.717, 1.165) is 22.6 Å². The Balaban J connectivity index is 1.70. The standard InChI is InChI=1S/C23H34N4O4/c1-14(2)20-16(10-11-27(20)22(29)31-23(3,4)5)21(28)24-13-19-25-17-12-15(30-7)8-9-18(17)26(19)6/h8-9,12,14,16,20H,10-11,13H2,1-7H3,(H,24,28)/t16-,20-/m0/s1. The van der Waals surface area contributed by atoms with Crippen LogP contribution in [0.15, 0.2) is 18.2 Å². The molecule has 0 aliphatic carbocycles.